The van der Waals surface area contributed by atoms with E-state index in [0.29, 0.717) is 12.5 Å². The zero-order chi connectivity index (χ0) is 20.8. The molecule has 2 aromatic carbocycles. The first kappa shape index (κ1) is 20.9. The van der Waals surface area contributed by atoms with Gasteiger partial charge >= 0.3 is 0 Å². The van der Waals surface area contributed by atoms with E-state index in [9.17, 15) is 4.79 Å². The van der Waals surface area contributed by atoms with Crippen molar-refractivity contribution in [1.29, 1.82) is 0 Å². The molecule has 2 aliphatic heterocycles. The van der Waals surface area contributed by atoms with Gasteiger partial charge in [0.15, 0.2) is 6.61 Å². The number of hydrogen-bond acceptors (Lipinski definition) is 4. The van der Waals surface area contributed by atoms with Gasteiger partial charge in [-0.1, -0.05) is 55.5 Å². The molecule has 2 fully saturated rings. The Balaban J connectivity index is 1.34. The van der Waals surface area contributed by atoms with Crippen LogP contribution in [0.2, 0.25) is 0 Å². The summed E-state index contributed by atoms with van der Waals surface area (Å²) in [7, 11) is 0. The maximum atomic E-state index is 12.6. The standard InChI is InChI=1S/C25H32N2O3/c1-20-11-13-27(14-12-20)25(28)19-30-23-10-6-5-9-22(23)17-26-15-16-29-24(18-26)21-7-3-2-4-8-21/h2-10,20,24H,11-19H2,1H3. The summed E-state index contributed by atoms with van der Waals surface area (Å²) in [6.45, 7) is 7.31. The fraction of sp³-hybridized carbons (Fsp3) is 0.480. The predicted octanol–water partition coefficient (Wildman–Crippen LogP) is 3.90. The van der Waals surface area contributed by atoms with E-state index in [4.69, 9.17) is 9.47 Å². The molecule has 0 spiro atoms. The fourth-order valence-electron chi connectivity index (χ4n) is 4.22. The third kappa shape index (κ3) is 5.41. The van der Waals surface area contributed by atoms with E-state index in [1.165, 1.54) is 5.56 Å². The van der Waals surface area contributed by atoms with Crippen LogP contribution in [-0.2, 0) is 16.1 Å². The third-order valence-corrected chi connectivity index (χ3v) is 6.18. The minimum Gasteiger partial charge on any atom is -0.483 e. The van der Waals surface area contributed by atoms with E-state index in [2.05, 4.69) is 42.2 Å². The number of likely N-dealkylation sites (tertiary alicyclic amines) is 1. The fourth-order valence-corrected chi connectivity index (χ4v) is 4.22. The lowest BCUT2D eigenvalue weighted by Crippen LogP contribution is -2.40. The van der Waals surface area contributed by atoms with Gasteiger partial charge in [-0.2, -0.15) is 0 Å². The number of ether oxygens (including phenoxy) is 2. The molecule has 2 heterocycles. The highest BCUT2D eigenvalue weighted by Crippen LogP contribution is 2.26. The number of hydrogen-bond donors (Lipinski definition) is 0. The van der Waals surface area contributed by atoms with Crippen LogP contribution in [0.3, 0.4) is 0 Å². The molecule has 2 aliphatic rings. The van der Waals surface area contributed by atoms with Crippen molar-refractivity contribution in [2.45, 2.75) is 32.4 Å². The van der Waals surface area contributed by atoms with Gasteiger partial charge in [0.2, 0.25) is 0 Å². The Morgan fingerprint density at radius 3 is 2.57 bits per heavy atom. The van der Waals surface area contributed by atoms with Crippen molar-refractivity contribution in [2.24, 2.45) is 5.92 Å². The average molecular weight is 409 g/mol. The molecular formula is C25H32N2O3. The van der Waals surface area contributed by atoms with Crippen LogP contribution in [0.4, 0.5) is 0 Å². The molecule has 0 aromatic heterocycles. The lowest BCUT2D eigenvalue weighted by molar-refractivity contribution is -0.134. The third-order valence-electron chi connectivity index (χ3n) is 6.18. The van der Waals surface area contributed by atoms with Gasteiger partial charge in [0, 0.05) is 38.3 Å². The normalized spacial score (nSPS) is 20.8. The second-order valence-electron chi connectivity index (χ2n) is 8.46. The molecule has 0 bridgehead atoms. The van der Waals surface area contributed by atoms with Crippen LogP contribution < -0.4 is 4.74 Å². The minimum absolute atomic E-state index is 0.0900. The SMILES string of the molecule is CC1CCN(C(=O)COc2ccccc2CN2CCOC(c3ccccc3)C2)CC1. The molecule has 1 amide bonds. The minimum atomic E-state index is 0.0900. The molecule has 4 rings (SSSR count). The first-order chi connectivity index (χ1) is 14.7. The van der Waals surface area contributed by atoms with Gasteiger partial charge < -0.3 is 14.4 Å². The Hall–Kier alpha value is -2.37. The molecule has 2 aromatic rings. The van der Waals surface area contributed by atoms with Gasteiger partial charge in [-0.15, -0.1) is 0 Å². The molecular weight excluding hydrogens is 376 g/mol. The number of nitrogens with zero attached hydrogens (tertiary/aromatic N) is 2. The second-order valence-corrected chi connectivity index (χ2v) is 8.46. The molecule has 160 valence electrons. The highest BCUT2D eigenvalue weighted by molar-refractivity contribution is 5.77. The van der Waals surface area contributed by atoms with Crippen LogP contribution in [0.15, 0.2) is 54.6 Å². The van der Waals surface area contributed by atoms with Crippen molar-refractivity contribution in [2.75, 3.05) is 39.4 Å². The van der Waals surface area contributed by atoms with Crippen LogP contribution in [0.1, 0.15) is 37.0 Å². The summed E-state index contributed by atoms with van der Waals surface area (Å²) >= 11 is 0. The summed E-state index contributed by atoms with van der Waals surface area (Å²) in [4.78, 5) is 16.9. The highest BCUT2D eigenvalue weighted by Gasteiger charge is 2.23. The summed E-state index contributed by atoms with van der Waals surface area (Å²) in [6, 6.07) is 18.5. The predicted molar refractivity (Wildman–Crippen MR) is 117 cm³/mol. The Morgan fingerprint density at radius 2 is 1.77 bits per heavy atom. The summed E-state index contributed by atoms with van der Waals surface area (Å²) in [5.41, 5.74) is 2.33. The van der Waals surface area contributed by atoms with Gasteiger partial charge in [-0.3, -0.25) is 9.69 Å². The van der Waals surface area contributed by atoms with Crippen LogP contribution in [0, 0.1) is 5.92 Å². The molecule has 5 heteroatoms. The number of morpholine rings is 1. The highest BCUT2D eigenvalue weighted by atomic mass is 16.5. The zero-order valence-corrected chi connectivity index (χ0v) is 17.8. The topological polar surface area (TPSA) is 42.0 Å². The van der Waals surface area contributed by atoms with Crippen LogP contribution >= 0.6 is 0 Å². The Kier molecular flexibility index (Phi) is 7.03. The Labute approximate surface area is 179 Å². The molecule has 0 radical (unpaired) electrons. The molecule has 1 unspecified atom stereocenters. The molecule has 30 heavy (non-hydrogen) atoms. The number of amides is 1. The number of rotatable bonds is 6. The van der Waals surface area contributed by atoms with E-state index in [1.807, 2.05) is 29.2 Å². The molecule has 1 atom stereocenters. The Bertz CT molecular complexity index is 818. The smallest absolute Gasteiger partial charge is 0.260 e. The zero-order valence-electron chi connectivity index (χ0n) is 17.8. The van der Waals surface area contributed by atoms with E-state index >= 15 is 0 Å². The number of benzene rings is 2. The van der Waals surface area contributed by atoms with E-state index in [0.717, 1.165) is 56.9 Å². The molecule has 0 N–H and O–H groups in total. The van der Waals surface area contributed by atoms with E-state index < -0.39 is 0 Å². The van der Waals surface area contributed by atoms with Crippen LogP contribution in [-0.4, -0.2) is 55.1 Å². The van der Waals surface area contributed by atoms with Crippen LogP contribution in [0.25, 0.3) is 0 Å². The quantitative estimate of drug-likeness (QED) is 0.727. The number of carbonyl (C=O) groups is 1. The summed E-state index contributed by atoms with van der Waals surface area (Å²) in [6.07, 6.45) is 2.26. The summed E-state index contributed by atoms with van der Waals surface area (Å²) in [5, 5.41) is 0. The first-order valence-electron chi connectivity index (χ1n) is 11.1. The maximum absolute atomic E-state index is 12.6. The number of para-hydroxylation sites is 1. The molecule has 0 saturated carbocycles. The van der Waals surface area contributed by atoms with Crippen molar-refractivity contribution in [1.82, 2.24) is 9.80 Å². The second kappa shape index (κ2) is 10.1. The van der Waals surface area contributed by atoms with E-state index in [-0.39, 0.29) is 18.6 Å². The summed E-state index contributed by atoms with van der Waals surface area (Å²) < 4.78 is 12.0. The van der Waals surface area contributed by atoms with Crippen molar-refractivity contribution in [3.05, 3.63) is 65.7 Å². The van der Waals surface area contributed by atoms with Gasteiger partial charge in [-0.25, -0.2) is 0 Å². The van der Waals surface area contributed by atoms with Crippen molar-refractivity contribution in [3.8, 4) is 5.75 Å². The van der Waals surface area contributed by atoms with Gasteiger partial charge in [0.1, 0.15) is 5.75 Å². The van der Waals surface area contributed by atoms with E-state index in [1.54, 1.807) is 0 Å². The van der Waals surface area contributed by atoms with Gasteiger partial charge in [0.05, 0.1) is 12.7 Å². The van der Waals surface area contributed by atoms with Crippen molar-refractivity contribution < 1.29 is 14.3 Å². The molecule has 2 saturated heterocycles. The number of piperidine rings is 1. The van der Waals surface area contributed by atoms with Crippen molar-refractivity contribution in [3.63, 3.8) is 0 Å². The number of carbonyl (C=O) groups excluding carboxylic acids is 1. The van der Waals surface area contributed by atoms with Gasteiger partial charge in [-0.05, 0) is 30.4 Å². The van der Waals surface area contributed by atoms with Crippen LogP contribution in [0.5, 0.6) is 5.75 Å². The lowest BCUT2D eigenvalue weighted by Gasteiger charge is -2.33. The molecule has 0 aliphatic carbocycles. The molecule has 5 nitrogen and oxygen atoms in total. The Morgan fingerprint density at radius 1 is 1.03 bits per heavy atom. The average Bonchev–Trinajstić information content (AvgIpc) is 2.79. The first-order valence-corrected chi connectivity index (χ1v) is 11.1. The monoisotopic (exact) mass is 408 g/mol. The van der Waals surface area contributed by atoms with Crippen molar-refractivity contribution >= 4 is 5.91 Å². The maximum Gasteiger partial charge on any atom is 0.260 e. The largest absolute Gasteiger partial charge is 0.483 e. The lowest BCUT2D eigenvalue weighted by atomic mass is 9.99. The van der Waals surface area contributed by atoms with Gasteiger partial charge in [0.25, 0.3) is 5.91 Å². The summed E-state index contributed by atoms with van der Waals surface area (Å²) in [5.74, 6) is 1.61.